The number of amides is 1. The Balaban J connectivity index is 1.55. The standard InChI is InChI=1S/C28H30BrCl2N3O4/c1-27(2,3)38-26(37)20(34-23-22(29)24(35)28(23)11-5-4-6-12-28)13-16-7-9-17(10-8-16)33-25(36)21-18(30)14-32-15-19(21)31/h7-10,14-15,20,22H,4-6,11-13H2,1-3H3,(H,33,36)/t20-,22?/m0/s1. The molecule has 2 aliphatic rings. The fourth-order valence-corrected chi connectivity index (χ4v) is 6.52. The van der Waals surface area contributed by atoms with Gasteiger partial charge in [-0.15, -0.1) is 0 Å². The van der Waals surface area contributed by atoms with E-state index in [2.05, 4.69) is 26.2 Å². The summed E-state index contributed by atoms with van der Waals surface area (Å²) in [6, 6.07) is 6.30. The summed E-state index contributed by atoms with van der Waals surface area (Å²) in [6.45, 7) is 5.45. The molecule has 0 aliphatic heterocycles. The maximum absolute atomic E-state index is 13.2. The van der Waals surface area contributed by atoms with Crippen molar-refractivity contribution in [3.63, 3.8) is 0 Å². The molecule has 2 atom stereocenters. The Morgan fingerprint density at radius 3 is 2.32 bits per heavy atom. The molecule has 2 aromatic rings. The van der Waals surface area contributed by atoms with Gasteiger partial charge in [0.2, 0.25) is 0 Å². The Morgan fingerprint density at radius 1 is 1.13 bits per heavy atom. The lowest BCUT2D eigenvalue weighted by molar-refractivity contribution is -0.156. The first kappa shape index (κ1) is 28.7. The summed E-state index contributed by atoms with van der Waals surface area (Å²) < 4.78 is 5.69. The zero-order valence-electron chi connectivity index (χ0n) is 21.5. The molecule has 202 valence electrons. The summed E-state index contributed by atoms with van der Waals surface area (Å²) in [5.74, 6) is -0.730. The second-order valence-corrected chi connectivity index (χ2v) is 12.5. The minimum absolute atomic E-state index is 0.143. The van der Waals surface area contributed by atoms with Gasteiger partial charge in [0.05, 0.1) is 21.0 Å². The van der Waals surface area contributed by atoms with Gasteiger partial charge < -0.3 is 10.1 Å². The Morgan fingerprint density at radius 2 is 1.74 bits per heavy atom. The van der Waals surface area contributed by atoms with E-state index in [4.69, 9.17) is 32.9 Å². The van der Waals surface area contributed by atoms with E-state index in [1.807, 2.05) is 32.9 Å². The second-order valence-electron chi connectivity index (χ2n) is 10.8. The van der Waals surface area contributed by atoms with Crippen LogP contribution < -0.4 is 5.32 Å². The third-order valence-electron chi connectivity index (χ3n) is 6.83. The molecule has 2 saturated carbocycles. The largest absolute Gasteiger partial charge is 0.458 e. The van der Waals surface area contributed by atoms with Crippen LogP contribution in [0.25, 0.3) is 0 Å². The van der Waals surface area contributed by atoms with Gasteiger partial charge in [-0.1, -0.05) is 70.5 Å². The molecular weight excluding hydrogens is 593 g/mol. The molecule has 1 heterocycles. The maximum Gasteiger partial charge on any atom is 0.331 e. The van der Waals surface area contributed by atoms with E-state index in [-0.39, 0.29) is 21.4 Å². The van der Waals surface area contributed by atoms with Crippen LogP contribution >= 0.6 is 39.1 Å². The molecule has 4 rings (SSSR count). The lowest BCUT2D eigenvalue weighted by atomic mass is 9.58. The van der Waals surface area contributed by atoms with Gasteiger partial charge in [-0.2, -0.15) is 0 Å². The molecule has 7 nitrogen and oxygen atoms in total. The number of hydrogen-bond acceptors (Lipinski definition) is 6. The number of aliphatic imine (C=N–C) groups is 1. The number of pyridine rings is 1. The van der Waals surface area contributed by atoms with Crippen LogP contribution in [-0.2, 0) is 20.7 Å². The van der Waals surface area contributed by atoms with Gasteiger partial charge >= 0.3 is 5.97 Å². The average Bonchev–Trinajstić information content (AvgIpc) is 2.86. The number of ether oxygens (including phenoxy) is 1. The van der Waals surface area contributed by atoms with Crippen LogP contribution in [0.4, 0.5) is 5.69 Å². The van der Waals surface area contributed by atoms with Gasteiger partial charge in [0.15, 0.2) is 11.8 Å². The lowest BCUT2D eigenvalue weighted by Crippen LogP contribution is -2.61. The number of Topliss-reactive ketones (excluding diaryl/α,β-unsaturated/α-hetero) is 1. The van der Waals surface area contributed by atoms with E-state index >= 15 is 0 Å². The van der Waals surface area contributed by atoms with Crippen LogP contribution in [0.2, 0.25) is 10.0 Å². The number of alkyl halides is 1. The number of hydrogen-bond donors (Lipinski definition) is 1. The molecule has 0 radical (unpaired) electrons. The molecule has 1 amide bonds. The molecule has 2 fully saturated rings. The lowest BCUT2D eigenvalue weighted by Gasteiger charge is -2.48. The fraction of sp³-hybridized carbons (Fsp3) is 0.464. The minimum atomic E-state index is -0.800. The number of nitrogens with one attached hydrogen (secondary N) is 1. The van der Waals surface area contributed by atoms with E-state index < -0.39 is 33.8 Å². The first-order chi connectivity index (χ1) is 17.9. The van der Waals surface area contributed by atoms with E-state index in [1.54, 1.807) is 12.1 Å². The topological polar surface area (TPSA) is 97.7 Å². The summed E-state index contributed by atoms with van der Waals surface area (Å²) in [6.07, 6.45) is 7.60. The summed E-state index contributed by atoms with van der Waals surface area (Å²) in [5.41, 5.74) is 1.03. The minimum Gasteiger partial charge on any atom is -0.458 e. The predicted octanol–water partition coefficient (Wildman–Crippen LogP) is 6.63. The van der Waals surface area contributed by atoms with Gasteiger partial charge in [-0.05, 0) is 51.3 Å². The number of carbonyl (C=O) groups excluding carboxylic acids is 3. The number of esters is 1. The van der Waals surface area contributed by atoms with E-state index in [0.717, 1.165) is 43.4 Å². The van der Waals surface area contributed by atoms with Gasteiger partial charge in [0, 0.05) is 30.2 Å². The maximum atomic E-state index is 13.2. The molecule has 38 heavy (non-hydrogen) atoms. The third-order valence-corrected chi connectivity index (χ3v) is 8.26. The Kier molecular flexibility index (Phi) is 8.65. The van der Waals surface area contributed by atoms with Crippen LogP contribution in [0.3, 0.4) is 0 Å². The van der Waals surface area contributed by atoms with Gasteiger partial charge in [-0.3, -0.25) is 19.6 Å². The first-order valence-electron chi connectivity index (χ1n) is 12.6. The van der Waals surface area contributed by atoms with Crippen LogP contribution in [0.5, 0.6) is 0 Å². The van der Waals surface area contributed by atoms with Crippen LogP contribution in [-0.4, -0.2) is 44.8 Å². The van der Waals surface area contributed by atoms with Crippen molar-refractivity contribution in [3.8, 4) is 0 Å². The number of aromatic nitrogens is 1. The Bertz CT molecular complexity index is 1250. The average molecular weight is 623 g/mol. The highest BCUT2D eigenvalue weighted by Crippen LogP contribution is 2.49. The van der Waals surface area contributed by atoms with Crippen molar-refractivity contribution in [2.75, 3.05) is 5.32 Å². The van der Waals surface area contributed by atoms with E-state index in [9.17, 15) is 14.4 Å². The number of nitrogens with zero attached hydrogens (tertiary/aromatic N) is 2. The van der Waals surface area contributed by atoms with Crippen molar-refractivity contribution in [2.45, 2.75) is 75.8 Å². The number of rotatable bonds is 6. The summed E-state index contributed by atoms with van der Waals surface area (Å²) in [7, 11) is 0. The first-order valence-corrected chi connectivity index (χ1v) is 14.3. The zero-order valence-corrected chi connectivity index (χ0v) is 24.6. The van der Waals surface area contributed by atoms with Crippen molar-refractivity contribution >= 4 is 68.2 Å². The highest BCUT2D eigenvalue weighted by molar-refractivity contribution is 9.10. The molecule has 2 aliphatic carbocycles. The van der Waals surface area contributed by atoms with Crippen molar-refractivity contribution in [3.05, 3.63) is 57.8 Å². The van der Waals surface area contributed by atoms with Crippen molar-refractivity contribution in [1.82, 2.24) is 4.98 Å². The fourth-order valence-electron chi connectivity index (χ4n) is 4.99. The number of benzene rings is 1. The molecule has 1 N–H and O–H groups in total. The molecule has 0 saturated heterocycles. The van der Waals surface area contributed by atoms with Gasteiger partial charge in [0.1, 0.15) is 10.4 Å². The summed E-state index contributed by atoms with van der Waals surface area (Å²) in [4.78, 5) is 47.0. The second kappa shape index (κ2) is 11.4. The van der Waals surface area contributed by atoms with Gasteiger partial charge in [-0.25, -0.2) is 4.79 Å². The zero-order chi connectivity index (χ0) is 27.7. The van der Waals surface area contributed by atoms with Crippen LogP contribution in [0.15, 0.2) is 41.7 Å². The molecule has 10 heteroatoms. The highest BCUT2D eigenvalue weighted by atomic mass is 79.9. The molecule has 1 unspecified atom stereocenters. The molecule has 0 bridgehead atoms. The smallest absolute Gasteiger partial charge is 0.331 e. The van der Waals surface area contributed by atoms with E-state index in [0.29, 0.717) is 12.1 Å². The number of carbonyl (C=O) groups is 3. The van der Waals surface area contributed by atoms with Crippen LogP contribution in [0.1, 0.15) is 68.8 Å². The Hall–Kier alpha value is -2.29. The van der Waals surface area contributed by atoms with Crippen molar-refractivity contribution in [1.29, 1.82) is 0 Å². The monoisotopic (exact) mass is 621 g/mol. The van der Waals surface area contributed by atoms with Crippen LogP contribution in [0, 0.1) is 5.41 Å². The number of ketones is 1. The molecule has 1 aromatic carbocycles. The predicted molar refractivity (Wildman–Crippen MR) is 153 cm³/mol. The summed E-state index contributed by atoms with van der Waals surface area (Å²) >= 11 is 15.7. The number of anilines is 1. The van der Waals surface area contributed by atoms with Crippen molar-refractivity contribution in [2.24, 2.45) is 10.4 Å². The SMILES string of the molecule is CC(C)(C)OC(=O)[C@H](Cc1ccc(NC(=O)c2c(Cl)cncc2Cl)cc1)N=C1C(Br)C(=O)C12CCCCC2. The highest BCUT2D eigenvalue weighted by Gasteiger charge is 2.58. The van der Waals surface area contributed by atoms with Gasteiger partial charge in [0.25, 0.3) is 5.91 Å². The summed E-state index contributed by atoms with van der Waals surface area (Å²) in [5, 5.41) is 3.08. The Labute approximate surface area is 240 Å². The van der Waals surface area contributed by atoms with E-state index in [1.165, 1.54) is 12.4 Å². The molecular formula is C28H30BrCl2N3O4. The van der Waals surface area contributed by atoms with Crippen molar-refractivity contribution < 1.29 is 19.1 Å². The third kappa shape index (κ3) is 6.13. The number of halogens is 3. The normalized spacial score (nSPS) is 20.6. The molecule has 1 aromatic heterocycles. The quantitative estimate of drug-likeness (QED) is 0.288. The molecule has 1 spiro atoms.